The molecule has 0 saturated carbocycles. The predicted octanol–water partition coefficient (Wildman–Crippen LogP) is 2.56. The maximum atomic E-state index is 12.1. The van der Waals surface area contributed by atoms with Gasteiger partial charge in [-0.1, -0.05) is 0 Å². The summed E-state index contributed by atoms with van der Waals surface area (Å²) < 4.78 is 10.3. The van der Waals surface area contributed by atoms with Gasteiger partial charge in [0.2, 0.25) is 5.91 Å². The number of aliphatic hydroxyl groups excluding tert-OH is 1. The second-order valence-corrected chi connectivity index (χ2v) is 5.75. The first kappa shape index (κ1) is 20.1. The Morgan fingerprint density at radius 3 is 2.48 bits per heavy atom. The number of phenols is 1. The lowest BCUT2D eigenvalue weighted by molar-refractivity contribution is -0.116. The molecular weight excluding hydrogens is 354 g/mol. The second-order valence-electron chi connectivity index (χ2n) is 5.75. The van der Waals surface area contributed by atoms with Gasteiger partial charge in [0.1, 0.15) is 22.8 Å². The molecule has 4 N–H and O–H groups in total. The molecule has 0 radical (unpaired) electrons. The van der Waals surface area contributed by atoms with Gasteiger partial charge in [0.25, 0.3) is 0 Å². The minimum atomic E-state index is -1.30. The van der Waals surface area contributed by atoms with Gasteiger partial charge in [-0.3, -0.25) is 4.79 Å². The number of hydrogen-bond acceptors (Lipinski definition) is 6. The number of ether oxygens (including phenoxy) is 2. The number of rotatable bonds is 8. The Morgan fingerprint density at radius 2 is 1.85 bits per heavy atom. The van der Waals surface area contributed by atoms with Crippen LogP contribution in [0, 0.1) is 0 Å². The van der Waals surface area contributed by atoms with Gasteiger partial charge in [0.05, 0.1) is 20.3 Å². The van der Waals surface area contributed by atoms with Crippen molar-refractivity contribution in [3.63, 3.8) is 0 Å². The topological polar surface area (TPSA) is 125 Å². The first-order valence-electron chi connectivity index (χ1n) is 8.11. The van der Waals surface area contributed by atoms with Crippen LogP contribution in [0.3, 0.4) is 0 Å². The summed E-state index contributed by atoms with van der Waals surface area (Å²) >= 11 is 0. The van der Waals surface area contributed by atoms with Crippen LogP contribution in [0.25, 0.3) is 0 Å². The Balaban J connectivity index is 1.99. The van der Waals surface area contributed by atoms with E-state index in [1.165, 1.54) is 32.4 Å². The number of methoxy groups -OCH3 is 2. The highest BCUT2D eigenvalue weighted by Crippen LogP contribution is 2.31. The molecular formula is C19H21NO7. The Morgan fingerprint density at radius 1 is 1.11 bits per heavy atom. The van der Waals surface area contributed by atoms with Gasteiger partial charge in [-0.15, -0.1) is 0 Å². The number of amides is 1. The van der Waals surface area contributed by atoms with Crippen LogP contribution in [0.2, 0.25) is 0 Å². The van der Waals surface area contributed by atoms with Crippen LogP contribution in [0.4, 0.5) is 5.69 Å². The SMILES string of the molecule is COc1ccc(C(O)CCC(=O)Nc2ccc(O)c(C(=O)O)c2)c(OC)c1. The molecule has 0 saturated heterocycles. The number of aromatic hydroxyl groups is 1. The number of carboxylic acid groups (broad SMARTS) is 1. The molecule has 0 aromatic heterocycles. The van der Waals surface area contributed by atoms with E-state index >= 15 is 0 Å². The fourth-order valence-electron chi connectivity index (χ4n) is 2.53. The molecule has 0 aliphatic rings. The van der Waals surface area contributed by atoms with Crippen molar-refractivity contribution in [2.45, 2.75) is 18.9 Å². The van der Waals surface area contributed by atoms with Gasteiger partial charge < -0.3 is 30.1 Å². The summed E-state index contributed by atoms with van der Waals surface area (Å²) in [6.07, 6.45) is -0.788. The van der Waals surface area contributed by atoms with Crippen molar-refractivity contribution in [3.05, 3.63) is 47.5 Å². The third-order valence-electron chi connectivity index (χ3n) is 3.96. The average Bonchev–Trinajstić information content (AvgIpc) is 2.66. The molecule has 8 heteroatoms. The van der Waals surface area contributed by atoms with Gasteiger partial charge in [0.15, 0.2) is 0 Å². The third kappa shape index (κ3) is 5.11. The summed E-state index contributed by atoms with van der Waals surface area (Å²) in [5.74, 6) is -1.05. The van der Waals surface area contributed by atoms with Crippen LogP contribution in [-0.2, 0) is 4.79 Å². The fourth-order valence-corrected chi connectivity index (χ4v) is 2.53. The van der Waals surface area contributed by atoms with E-state index < -0.39 is 18.0 Å². The number of carbonyl (C=O) groups excluding carboxylic acids is 1. The quantitative estimate of drug-likeness (QED) is 0.523. The summed E-state index contributed by atoms with van der Waals surface area (Å²) in [6, 6.07) is 8.74. The third-order valence-corrected chi connectivity index (χ3v) is 3.96. The minimum absolute atomic E-state index is 0.000366. The fraction of sp³-hybridized carbons (Fsp3) is 0.263. The molecule has 27 heavy (non-hydrogen) atoms. The number of aliphatic hydroxyl groups is 1. The molecule has 0 aliphatic heterocycles. The van der Waals surface area contributed by atoms with Crippen LogP contribution in [0.1, 0.15) is 34.9 Å². The van der Waals surface area contributed by atoms with Crippen molar-refractivity contribution >= 4 is 17.6 Å². The maximum absolute atomic E-state index is 12.1. The number of carboxylic acids is 1. The van der Waals surface area contributed by atoms with Crippen LogP contribution >= 0.6 is 0 Å². The first-order chi connectivity index (χ1) is 12.8. The summed E-state index contributed by atoms with van der Waals surface area (Å²) in [5, 5.41) is 31.4. The van der Waals surface area contributed by atoms with E-state index in [0.29, 0.717) is 17.1 Å². The van der Waals surface area contributed by atoms with E-state index in [1.54, 1.807) is 18.2 Å². The van der Waals surface area contributed by atoms with Gasteiger partial charge >= 0.3 is 5.97 Å². The average molecular weight is 375 g/mol. The van der Waals surface area contributed by atoms with Gasteiger partial charge in [-0.2, -0.15) is 0 Å². The molecule has 1 amide bonds. The smallest absolute Gasteiger partial charge is 0.339 e. The maximum Gasteiger partial charge on any atom is 0.339 e. The molecule has 8 nitrogen and oxygen atoms in total. The van der Waals surface area contributed by atoms with Crippen molar-refractivity contribution in [2.75, 3.05) is 19.5 Å². The summed E-state index contributed by atoms with van der Waals surface area (Å²) in [6.45, 7) is 0. The molecule has 0 fully saturated rings. The zero-order valence-corrected chi connectivity index (χ0v) is 14.9. The van der Waals surface area contributed by atoms with Crippen molar-refractivity contribution in [1.82, 2.24) is 0 Å². The number of hydrogen-bond donors (Lipinski definition) is 4. The molecule has 2 aromatic carbocycles. The van der Waals surface area contributed by atoms with E-state index in [0.717, 1.165) is 0 Å². The molecule has 1 unspecified atom stereocenters. The van der Waals surface area contributed by atoms with Crippen molar-refractivity contribution in [3.8, 4) is 17.2 Å². The lowest BCUT2D eigenvalue weighted by Crippen LogP contribution is -2.13. The van der Waals surface area contributed by atoms with E-state index in [-0.39, 0.29) is 29.8 Å². The summed E-state index contributed by atoms with van der Waals surface area (Å²) in [4.78, 5) is 23.1. The predicted molar refractivity (Wildman–Crippen MR) is 97.4 cm³/mol. The molecule has 144 valence electrons. The van der Waals surface area contributed by atoms with Crippen LogP contribution in [0.5, 0.6) is 17.2 Å². The highest BCUT2D eigenvalue weighted by molar-refractivity contribution is 5.95. The highest BCUT2D eigenvalue weighted by atomic mass is 16.5. The zero-order chi connectivity index (χ0) is 20.0. The number of aromatic carboxylic acids is 1. The minimum Gasteiger partial charge on any atom is -0.507 e. The van der Waals surface area contributed by atoms with Crippen LogP contribution < -0.4 is 14.8 Å². The highest BCUT2D eigenvalue weighted by Gasteiger charge is 2.17. The van der Waals surface area contributed by atoms with Crippen LogP contribution in [0.15, 0.2) is 36.4 Å². The number of anilines is 1. The molecule has 1 atom stereocenters. The molecule has 2 aromatic rings. The van der Waals surface area contributed by atoms with E-state index in [1.807, 2.05) is 0 Å². The molecule has 0 spiro atoms. The van der Waals surface area contributed by atoms with E-state index in [4.69, 9.17) is 14.6 Å². The van der Waals surface area contributed by atoms with Gasteiger partial charge in [-0.25, -0.2) is 4.79 Å². The Bertz CT molecular complexity index is 835. The lowest BCUT2D eigenvalue weighted by Gasteiger charge is -2.15. The van der Waals surface area contributed by atoms with Crippen LogP contribution in [-0.4, -0.2) is 41.4 Å². The second kappa shape index (κ2) is 8.91. The number of benzene rings is 2. The van der Waals surface area contributed by atoms with E-state index in [9.17, 15) is 19.8 Å². The van der Waals surface area contributed by atoms with E-state index in [2.05, 4.69) is 5.32 Å². The molecule has 0 bridgehead atoms. The lowest BCUT2D eigenvalue weighted by atomic mass is 10.0. The number of carbonyl (C=O) groups is 2. The monoisotopic (exact) mass is 375 g/mol. The largest absolute Gasteiger partial charge is 0.507 e. The van der Waals surface area contributed by atoms with Crippen molar-refractivity contribution in [2.24, 2.45) is 0 Å². The number of nitrogens with one attached hydrogen (secondary N) is 1. The van der Waals surface area contributed by atoms with Gasteiger partial charge in [0, 0.05) is 23.7 Å². The summed E-state index contributed by atoms with van der Waals surface area (Å²) in [5.41, 5.74) is 0.464. The molecule has 2 rings (SSSR count). The Hall–Kier alpha value is -3.26. The Kier molecular flexibility index (Phi) is 6.62. The van der Waals surface area contributed by atoms with Crippen molar-refractivity contribution < 1.29 is 34.4 Å². The zero-order valence-electron chi connectivity index (χ0n) is 14.9. The Labute approximate surface area is 156 Å². The summed E-state index contributed by atoms with van der Waals surface area (Å²) in [7, 11) is 3.00. The standard InChI is InChI=1S/C19H21NO7/c1-26-12-4-5-13(17(10-12)27-2)15(21)7-8-18(23)20-11-3-6-16(22)14(9-11)19(24)25/h3-6,9-10,15,21-22H,7-8H2,1-2H3,(H,20,23)(H,24,25). The van der Waals surface area contributed by atoms with Gasteiger partial charge in [-0.05, 0) is 36.8 Å². The normalized spacial score (nSPS) is 11.5. The first-order valence-corrected chi connectivity index (χ1v) is 8.11. The van der Waals surface area contributed by atoms with Crippen molar-refractivity contribution in [1.29, 1.82) is 0 Å². The molecule has 0 aliphatic carbocycles. The molecule has 0 heterocycles.